The highest BCUT2D eigenvalue weighted by molar-refractivity contribution is 7.99. The number of anilines is 3. The average Bonchev–Trinajstić information content (AvgIpc) is 3.05. The van der Waals surface area contributed by atoms with E-state index in [2.05, 4.69) is 45.0 Å². The summed E-state index contributed by atoms with van der Waals surface area (Å²) < 4.78 is 39.1. The Morgan fingerprint density at radius 3 is 2.43 bits per heavy atom. The van der Waals surface area contributed by atoms with Crippen molar-refractivity contribution < 1.29 is 41.4 Å². The summed E-state index contributed by atoms with van der Waals surface area (Å²) in [4.78, 5) is 51.3. The van der Waals surface area contributed by atoms with Gasteiger partial charge in [-0.15, -0.1) is 5.11 Å². The molecular formula is C28H21ClN8O9S3. The van der Waals surface area contributed by atoms with Crippen molar-refractivity contribution in [3.63, 3.8) is 0 Å². The number of hydrogen-bond acceptors (Lipinski definition) is 16. The van der Waals surface area contributed by atoms with Crippen LogP contribution in [0.1, 0.15) is 15.9 Å². The van der Waals surface area contributed by atoms with E-state index in [9.17, 15) is 22.8 Å². The van der Waals surface area contributed by atoms with Gasteiger partial charge in [0.2, 0.25) is 11.2 Å². The summed E-state index contributed by atoms with van der Waals surface area (Å²) in [6.45, 7) is 0. The zero-order valence-electron chi connectivity index (χ0n) is 24.7. The number of nitrogens with one attached hydrogen (secondary N) is 2. The third-order valence-corrected chi connectivity index (χ3v) is 7.36. The fraction of sp³-hybridized carbons (Fsp3) is 0.0714. The molecule has 0 atom stereocenters. The Morgan fingerprint density at radius 1 is 0.980 bits per heavy atom. The number of benzene rings is 3. The maximum atomic E-state index is 12.8. The van der Waals surface area contributed by atoms with Gasteiger partial charge in [-0.1, -0.05) is 36.1 Å². The molecule has 0 bridgehead atoms. The highest BCUT2D eigenvalue weighted by atomic mass is 35.5. The second-order valence-electron chi connectivity index (χ2n) is 9.10. The number of carbonyl (C=O) groups excluding carboxylic acids is 2. The Labute approximate surface area is 291 Å². The van der Waals surface area contributed by atoms with Crippen LogP contribution in [0.5, 0.6) is 0 Å². The van der Waals surface area contributed by atoms with E-state index in [1.54, 1.807) is 30.3 Å². The fourth-order valence-corrected chi connectivity index (χ4v) is 4.85. The molecule has 0 aliphatic rings. The van der Waals surface area contributed by atoms with E-state index in [-0.39, 0.29) is 39.0 Å². The van der Waals surface area contributed by atoms with Crippen molar-refractivity contribution in [3.8, 4) is 0 Å². The van der Waals surface area contributed by atoms with Crippen molar-refractivity contribution >= 4 is 109 Å². The lowest BCUT2D eigenvalue weighted by Gasteiger charge is -2.08. The molecule has 0 aliphatic carbocycles. The first-order valence-corrected chi connectivity index (χ1v) is 16.3. The van der Waals surface area contributed by atoms with Crippen LogP contribution in [0.25, 0.3) is 0 Å². The molecule has 0 saturated carbocycles. The summed E-state index contributed by atoms with van der Waals surface area (Å²) in [6, 6.07) is 16.7. The first-order chi connectivity index (χ1) is 23.3. The quantitative estimate of drug-likeness (QED) is 0.0237. The molecule has 0 unspecified atom stereocenters. The number of ether oxygens (including phenoxy) is 1. The molecule has 49 heavy (non-hydrogen) atoms. The third-order valence-electron chi connectivity index (χ3n) is 5.59. The first-order valence-electron chi connectivity index (χ1n) is 13.2. The Bertz CT molecular complexity index is 2080. The van der Waals surface area contributed by atoms with E-state index >= 15 is 0 Å². The van der Waals surface area contributed by atoms with Crippen LogP contribution in [0, 0.1) is 0 Å². The molecule has 1 aromatic heterocycles. The van der Waals surface area contributed by atoms with E-state index in [4.69, 9.17) is 38.2 Å². The van der Waals surface area contributed by atoms with Crippen LogP contribution < -0.4 is 10.6 Å². The van der Waals surface area contributed by atoms with Crippen LogP contribution in [0.15, 0.2) is 87.1 Å². The van der Waals surface area contributed by atoms with Crippen LogP contribution in [0.2, 0.25) is 5.28 Å². The Balaban J connectivity index is 1.45. The van der Waals surface area contributed by atoms with E-state index < -0.39 is 33.1 Å². The fourth-order valence-electron chi connectivity index (χ4n) is 3.59. The second-order valence-corrected chi connectivity index (χ2v) is 11.8. The van der Waals surface area contributed by atoms with E-state index in [1.165, 1.54) is 49.9 Å². The van der Waals surface area contributed by atoms with Gasteiger partial charge in [0.25, 0.3) is 5.91 Å². The largest absolute Gasteiger partial charge is 0.486 e. The van der Waals surface area contributed by atoms with E-state index in [1.807, 2.05) is 0 Å². The summed E-state index contributed by atoms with van der Waals surface area (Å²) in [5, 5.41) is 23.0. The number of azo groups is 1. The number of aromatic nitrogens is 3. The Morgan fingerprint density at radius 2 is 1.73 bits per heavy atom. The predicted octanol–water partition coefficient (Wildman–Crippen LogP) is 5.48. The molecule has 4 aromatic rings. The molecule has 17 nitrogen and oxygen atoms in total. The number of thiocarbonyl (C=S) groups is 1. The minimum absolute atomic E-state index is 0.0737. The number of halogens is 1. The summed E-state index contributed by atoms with van der Waals surface area (Å²) >= 11 is 11.8. The van der Waals surface area contributed by atoms with Crippen LogP contribution >= 0.6 is 35.6 Å². The molecule has 0 radical (unpaired) electrons. The second kappa shape index (κ2) is 16.6. The van der Waals surface area contributed by atoms with Gasteiger partial charge in [-0.25, -0.2) is 9.79 Å². The molecule has 4 rings (SSSR count). The Kier molecular flexibility index (Phi) is 12.4. The molecule has 252 valence electrons. The monoisotopic (exact) mass is 744 g/mol. The van der Waals surface area contributed by atoms with Crippen LogP contribution in [-0.4, -0.2) is 75.0 Å². The maximum Gasteiger partial charge on any atom is 0.449 e. The van der Waals surface area contributed by atoms with E-state index in [0.29, 0.717) is 22.7 Å². The van der Waals surface area contributed by atoms with Gasteiger partial charge >= 0.3 is 22.3 Å². The summed E-state index contributed by atoms with van der Waals surface area (Å²) in [5.74, 6) is -3.20. The zero-order valence-corrected chi connectivity index (χ0v) is 27.9. The minimum Gasteiger partial charge on any atom is -0.486 e. The molecule has 0 aliphatic heterocycles. The minimum atomic E-state index is -5.05. The van der Waals surface area contributed by atoms with Crippen molar-refractivity contribution in [2.45, 2.75) is 5.16 Å². The lowest BCUT2D eigenvalue weighted by molar-refractivity contribution is -0.134. The maximum absolute atomic E-state index is 12.8. The number of rotatable bonds is 14. The number of carbonyl (C=O) groups is 3. The molecule has 1 amide bonds. The normalized spacial score (nSPS) is 11.3. The lowest BCUT2D eigenvalue weighted by Crippen LogP contribution is -2.20. The number of carboxylic acids is 1. The molecule has 0 fully saturated rings. The molecular weight excluding hydrogens is 724 g/mol. The number of methoxy groups -OCH3 is 1. The number of nitrogens with zero attached hydrogens (tertiary/aromatic N) is 6. The average molecular weight is 745 g/mol. The standard InChI is InChI=1S/C28H21ClN8O9S3/c1-45-14-30-21-12-19(32-27-33-26(29)34-28(35-27)48-13-22(38)39)9-10-20(21)37-36-17-7-5-15(6-8-17)24(40)31-18-4-2-3-16(11-18)23(47)25(41)46-49(42,43)44/h2-12,14H,13H2,1H3,(H,31,40)(H,38,39)(H,42,43,44)(H,32,33,34,35). The highest BCUT2D eigenvalue weighted by Crippen LogP contribution is 2.33. The molecule has 0 spiro atoms. The topological polar surface area (TPSA) is 244 Å². The van der Waals surface area contributed by atoms with E-state index in [0.717, 1.165) is 11.8 Å². The van der Waals surface area contributed by atoms with Crippen molar-refractivity contribution in [1.29, 1.82) is 0 Å². The summed E-state index contributed by atoms with van der Waals surface area (Å²) in [7, 11) is -3.63. The van der Waals surface area contributed by atoms with Crippen molar-refractivity contribution in [2.24, 2.45) is 15.2 Å². The SMILES string of the molecule is COC=Nc1cc(Nc2nc(Cl)nc(SCC(=O)O)n2)ccc1N=Nc1ccc(C(=O)Nc2cccc(C(=S)C(=O)OS(=O)(=O)O)c2)cc1. The van der Waals surface area contributed by atoms with Gasteiger partial charge in [-0.05, 0) is 66.2 Å². The van der Waals surface area contributed by atoms with Gasteiger partial charge in [0.05, 0.1) is 24.2 Å². The summed E-state index contributed by atoms with van der Waals surface area (Å²) in [6.07, 6.45) is 1.19. The molecule has 21 heteroatoms. The number of aliphatic imine (C=N–C) groups is 1. The molecule has 3 aromatic carbocycles. The van der Waals surface area contributed by atoms with Crippen molar-refractivity contribution in [3.05, 3.63) is 83.1 Å². The van der Waals surface area contributed by atoms with Gasteiger partial charge in [0, 0.05) is 22.5 Å². The van der Waals surface area contributed by atoms with Crippen molar-refractivity contribution in [2.75, 3.05) is 23.5 Å². The molecule has 4 N–H and O–H groups in total. The first kappa shape index (κ1) is 36.4. The van der Waals surface area contributed by atoms with Gasteiger partial charge in [0.1, 0.15) is 10.6 Å². The number of aliphatic carboxylic acids is 1. The van der Waals surface area contributed by atoms with Gasteiger partial charge in [-0.3, -0.25) is 14.1 Å². The number of hydrogen-bond donors (Lipinski definition) is 4. The molecule has 1 heterocycles. The Hall–Kier alpha value is -5.41. The smallest absolute Gasteiger partial charge is 0.449 e. The number of thioether (sulfide) groups is 1. The summed E-state index contributed by atoms with van der Waals surface area (Å²) in [5.41, 5.74) is 2.15. The molecule has 0 saturated heterocycles. The zero-order chi connectivity index (χ0) is 35.6. The van der Waals surface area contributed by atoms with Crippen LogP contribution in [0.4, 0.5) is 34.4 Å². The number of amides is 1. The van der Waals surface area contributed by atoms with Gasteiger partial charge in [0.15, 0.2) is 11.6 Å². The van der Waals surface area contributed by atoms with Crippen LogP contribution in [-0.2, 0) is 28.9 Å². The van der Waals surface area contributed by atoms with Gasteiger partial charge < -0.3 is 24.7 Å². The number of carboxylic acid groups (broad SMARTS) is 1. The van der Waals surface area contributed by atoms with Crippen LogP contribution in [0.3, 0.4) is 0 Å². The lowest BCUT2D eigenvalue weighted by atomic mass is 10.1. The highest BCUT2D eigenvalue weighted by Gasteiger charge is 2.20. The predicted molar refractivity (Wildman–Crippen MR) is 182 cm³/mol. The van der Waals surface area contributed by atoms with Crippen molar-refractivity contribution in [1.82, 2.24) is 15.0 Å². The third kappa shape index (κ3) is 11.4. The van der Waals surface area contributed by atoms with Gasteiger partial charge in [-0.2, -0.15) is 28.5 Å².